The minimum Gasteiger partial charge on any atom is -0.426 e. The summed E-state index contributed by atoms with van der Waals surface area (Å²) in [6, 6.07) is 4.11. The molecule has 0 aliphatic heterocycles. The largest absolute Gasteiger partial charge is 0.426 e. The number of hydrogen-bond acceptors (Lipinski definition) is 5. The monoisotopic (exact) mass is 335 g/mol. The minimum atomic E-state index is -3.65. The van der Waals surface area contributed by atoms with Gasteiger partial charge in [0.2, 0.25) is 21.8 Å². The van der Waals surface area contributed by atoms with Crippen molar-refractivity contribution in [1.82, 2.24) is 14.9 Å². The summed E-state index contributed by atoms with van der Waals surface area (Å²) in [5.41, 5.74) is 0. The highest BCUT2D eigenvalue weighted by molar-refractivity contribution is 7.89. The Morgan fingerprint density at radius 3 is 2.60 bits per heavy atom. The van der Waals surface area contributed by atoms with Crippen LogP contribution < -0.4 is 4.72 Å². The van der Waals surface area contributed by atoms with Crippen LogP contribution in [0, 0.1) is 6.92 Å². The second kappa shape index (κ2) is 6.09. The molecule has 0 radical (unpaired) electrons. The van der Waals surface area contributed by atoms with Crippen molar-refractivity contribution in [3.8, 4) is 0 Å². The molecular formula is C11H11Cl2N3O3S. The Hall–Kier alpha value is -1.15. The highest BCUT2D eigenvalue weighted by Gasteiger charge is 2.15. The van der Waals surface area contributed by atoms with Crippen LogP contribution in [-0.4, -0.2) is 25.2 Å². The van der Waals surface area contributed by atoms with Gasteiger partial charge in [0, 0.05) is 19.9 Å². The number of aromatic nitrogens is 2. The third-order valence-electron chi connectivity index (χ3n) is 2.40. The van der Waals surface area contributed by atoms with Crippen LogP contribution in [0.2, 0.25) is 10.0 Å². The molecule has 1 aromatic carbocycles. The van der Waals surface area contributed by atoms with E-state index in [0.29, 0.717) is 23.2 Å². The lowest BCUT2D eigenvalue weighted by molar-refractivity contribution is 0.466. The Balaban J connectivity index is 2.02. The van der Waals surface area contributed by atoms with E-state index in [-0.39, 0.29) is 16.5 Å². The van der Waals surface area contributed by atoms with Crippen LogP contribution in [0.5, 0.6) is 0 Å². The van der Waals surface area contributed by atoms with Gasteiger partial charge in [0.1, 0.15) is 0 Å². The highest BCUT2D eigenvalue weighted by Crippen LogP contribution is 2.24. The van der Waals surface area contributed by atoms with E-state index >= 15 is 0 Å². The molecular weight excluding hydrogens is 325 g/mol. The summed E-state index contributed by atoms with van der Waals surface area (Å²) in [6.07, 6.45) is 0.307. The van der Waals surface area contributed by atoms with Crippen LogP contribution in [0.3, 0.4) is 0 Å². The molecule has 0 atom stereocenters. The lowest BCUT2D eigenvalue weighted by Crippen LogP contribution is -2.26. The first kappa shape index (κ1) is 15.2. The van der Waals surface area contributed by atoms with Crippen molar-refractivity contribution in [3.63, 3.8) is 0 Å². The third-order valence-corrected chi connectivity index (χ3v) is 4.60. The lowest BCUT2D eigenvalue weighted by atomic mass is 10.4. The fraction of sp³-hybridized carbons (Fsp3) is 0.273. The van der Waals surface area contributed by atoms with Crippen molar-refractivity contribution in [3.05, 3.63) is 40.0 Å². The van der Waals surface area contributed by atoms with Crippen molar-refractivity contribution in [2.24, 2.45) is 0 Å². The summed E-state index contributed by atoms with van der Waals surface area (Å²) < 4.78 is 31.6. The standard InChI is InChI=1S/C11H11Cl2N3O3S/c1-7-15-16-11(19-7)4-5-14-20(17,18)8-2-3-9(12)10(13)6-8/h2-3,6,14H,4-5H2,1H3. The van der Waals surface area contributed by atoms with E-state index in [1.807, 2.05) is 0 Å². The SMILES string of the molecule is Cc1nnc(CCNS(=O)(=O)c2ccc(Cl)c(Cl)c2)o1. The average molecular weight is 336 g/mol. The second-order valence-electron chi connectivity index (χ2n) is 3.94. The Labute approximate surface area is 126 Å². The van der Waals surface area contributed by atoms with Crippen LogP contribution in [0.25, 0.3) is 0 Å². The summed E-state index contributed by atoms with van der Waals surface area (Å²) in [7, 11) is -3.65. The van der Waals surface area contributed by atoms with Crippen LogP contribution in [0.1, 0.15) is 11.8 Å². The predicted molar refractivity (Wildman–Crippen MR) is 74.4 cm³/mol. The Bertz CT molecular complexity index is 715. The first-order valence-corrected chi connectivity index (χ1v) is 7.86. The summed E-state index contributed by atoms with van der Waals surface area (Å²) in [5, 5.41) is 7.91. The van der Waals surface area contributed by atoms with E-state index in [4.69, 9.17) is 27.6 Å². The van der Waals surface area contributed by atoms with Crippen molar-refractivity contribution in [1.29, 1.82) is 0 Å². The molecule has 0 fully saturated rings. The molecule has 0 aliphatic carbocycles. The zero-order valence-electron chi connectivity index (χ0n) is 10.4. The Morgan fingerprint density at radius 1 is 1.25 bits per heavy atom. The summed E-state index contributed by atoms with van der Waals surface area (Å²) in [6.45, 7) is 1.81. The molecule has 20 heavy (non-hydrogen) atoms. The van der Waals surface area contributed by atoms with E-state index in [1.165, 1.54) is 18.2 Å². The van der Waals surface area contributed by atoms with E-state index in [1.54, 1.807) is 6.92 Å². The quantitative estimate of drug-likeness (QED) is 0.905. The van der Waals surface area contributed by atoms with E-state index in [0.717, 1.165) is 0 Å². The number of nitrogens with one attached hydrogen (secondary N) is 1. The van der Waals surface area contributed by atoms with Crippen molar-refractivity contribution in [2.75, 3.05) is 6.54 Å². The van der Waals surface area contributed by atoms with Gasteiger partial charge in [-0.1, -0.05) is 23.2 Å². The number of halogens is 2. The fourth-order valence-corrected chi connectivity index (χ4v) is 2.88. The number of benzene rings is 1. The summed E-state index contributed by atoms with van der Waals surface area (Å²) >= 11 is 11.5. The summed E-state index contributed by atoms with van der Waals surface area (Å²) in [4.78, 5) is 0.0496. The molecule has 6 nitrogen and oxygen atoms in total. The van der Waals surface area contributed by atoms with E-state index in [2.05, 4.69) is 14.9 Å². The number of aryl methyl sites for hydroxylation is 1. The van der Waals surface area contributed by atoms with Crippen molar-refractivity contribution >= 4 is 33.2 Å². The molecule has 2 rings (SSSR count). The van der Waals surface area contributed by atoms with Gasteiger partial charge in [-0.25, -0.2) is 13.1 Å². The van der Waals surface area contributed by atoms with Gasteiger partial charge in [0.25, 0.3) is 0 Å². The van der Waals surface area contributed by atoms with Crippen LogP contribution in [-0.2, 0) is 16.4 Å². The molecule has 0 saturated heterocycles. The molecule has 1 N–H and O–H groups in total. The van der Waals surface area contributed by atoms with E-state index < -0.39 is 10.0 Å². The topological polar surface area (TPSA) is 85.1 Å². The normalized spacial score (nSPS) is 11.8. The van der Waals surface area contributed by atoms with Gasteiger partial charge in [0.15, 0.2) is 0 Å². The molecule has 0 aliphatic rings. The number of hydrogen-bond donors (Lipinski definition) is 1. The summed E-state index contributed by atoms with van der Waals surface area (Å²) in [5.74, 6) is 0.812. The molecule has 1 heterocycles. The van der Waals surface area contributed by atoms with Gasteiger partial charge < -0.3 is 4.42 Å². The zero-order valence-corrected chi connectivity index (χ0v) is 12.8. The zero-order chi connectivity index (χ0) is 14.8. The smallest absolute Gasteiger partial charge is 0.240 e. The number of sulfonamides is 1. The molecule has 1 aromatic heterocycles. The highest BCUT2D eigenvalue weighted by atomic mass is 35.5. The van der Waals surface area contributed by atoms with Gasteiger partial charge in [-0.05, 0) is 18.2 Å². The number of rotatable bonds is 5. The fourth-order valence-electron chi connectivity index (χ4n) is 1.46. The van der Waals surface area contributed by atoms with Crippen LogP contribution >= 0.6 is 23.2 Å². The maximum absolute atomic E-state index is 12.0. The van der Waals surface area contributed by atoms with Gasteiger partial charge in [-0.15, -0.1) is 10.2 Å². The lowest BCUT2D eigenvalue weighted by Gasteiger charge is -2.06. The molecule has 0 amide bonds. The van der Waals surface area contributed by atoms with Crippen LogP contribution in [0.4, 0.5) is 0 Å². The maximum Gasteiger partial charge on any atom is 0.240 e. The Morgan fingerprint density at radius 2 is 2.00 bits per heavy atom. The molecule has 9 heteroatoms. The van der Waals surface area contributed by atoms with Gasteiger partial charge in [-0.2, -0.15) is 0 Å². The molecule has 0 spiro atoms. The molecule has 2 aromatic rings. The average Bonchev–Trinajstić information content (AvgIpc) is 2.78. The first-order chi connectivity index (χ1) is 9.38. The predicted octanol–water partition coefficient (Wildman–Crippen LogP) is 2.21. The minimum absolute atomic E-state index is 0.0496. The van der Waals surface area contributed by atoms with Crippen molar-refractivity contribution < 1.29 is 12.8 Å². The van der Waals surface area contributed by atoms with Gasteiger partial charge >= 0.3 is 0 Å². The molecule has 0 unspecified atom stereocenters. The number of nitrogens with zero attached hydrogens (tertiary/aromatic N) is 2. The molecule has 108 valence electrons. The van der Waals surface area contributed by atoms with Crippen LogP contribution in [0.15, 0.2) is 27.5 Å². The third kappa shape index (κ3) is 3.69. The Kier molecular flexibility index (Phi) is 4.64. The van der Waals surface area contributed by atoms with Gasteiger partial charge in [-0.3, -0.25) is 0 Å². The first-order valence-electron chi connectivity index (χ1n) is 5.62. The molecule has 0 bridgehead atoms. The van der Waals surface area contributed by atoms with Crippen molar-refractivity contribution in [2.45, 2.75) is 18.2 Å². The second-order valence-corrected chi connectivity index (χ2v) is 6.52. The molecule has 0 saturated carbocycles. The van der Waals surface area contributed by atoms with E-state index in [9.17, 15) is 8.42 Å². The maximum atomic E-state index is 12.0. The van der Waals surface area contributed by atoms with Gasteiger partial charge in [0.05, 0.1) is 14.9 Å².